The number of carbonyl (C=O) groups excluding carboxylic acids is 1. The Balaban J connectivity index is 1.50. The molecular formula is C24H24FN7O. The van der Waals surface area contributed by atoms with Crippen molar-refractivity contribution < 1.29 is 9.18 Å². The zero-order chi connectivity index (χ0) is 23.2. The number of nitrogens with zero attached hydrogens (tertiary/aromatic N) is 3. The lowest BCUT2D eigenvalue weighted by Crippen LogP contribution is -2.39. The van der Waals surface area contributed by atoms with Gasteiger partial charge in [-0.1, -0.05) is 18.2 Å². The molecule has 0 aliphatic heterocycles. The molecule has 8 nitrogen and oxygen atoms in total. The average Bonchev–Trinajstić information content (AvgIpc) is 3.15. The van der Waals surface area contributed by atoms with Gasteiger partial charge in [0.1, 0.15) is 5.82 Å². The number of anilines is 2. The van der Waals surface area contributed by atoms with E-state index in [4.69, 9.17) is 0 Å². The number of aromatic nitrogens is 3. The molecule has 0 aliphatic rings. The van der Waals surface area contributed by atoms with Crippen LogP contribution in [-0.2, 0) is 6.42 Å². The average molecular weight is 446 g/mol. The predicted octanol–water partition coefficient (Wildman–Crippen LogP) is 4.55. The van der Waals surface area contributed by atoms with Crippen molar-refractivity contribution in [2.24, 2.45) is 4.99 Å². The lowest BCUT2D eigenvalue weighted by atomic mass is 10.1. The SMILES string of the molecule is Cc1cc(C)nc(NC(=NCCc2c[nH]c3ccc(F)cc23)NC(=O)Nc2ccccc2)n1. The number of nitrogens with one attached hydrogen (secondary N) is 4. The minimum Gasteiger partial charge on any atom is -0.361 e. The number of guanidine groups is 1. The lowest BCUT2D eigenvalue weighted by molar-refractivity contribution is 0.256. The first-order chi connectivity index (χ1) is 16.0. The van der Waals surface area contributed by atoms with Crippen molar-refractivity contribution in [2.75, 3.05) is 17.2 Å². The molecule has 0 aliphatic carbocycles. The number of hydrogen-bond donors (Lipinski definition) is 4. The first-order valence-corrected chi connectivity index (χ1v) is 10.5. The normalized spacial score (nSPS) is 11.4. The molecule has 2 aromatic heterocycles. The molecule has 0 saturated heterocycles. The molecule has 2 heterocycles. The second kappa shape index (κ2) is 9.90. The third-order valence-electron chi connectivity index (χ3n) is 4.86. The molecule has 0 fully saturated rings. The van der Waals surface area contributed by atoms with Crippen molar-refractivity contribution in [1.82, 2.24) is 20.3 Å². The Morgan fingerprint density at radius 1 is 1.03 bits per heavy atom. The number of amides is 2. The van der Waals surface area contributed by atoms with Gasteiger partial charge >= 0.3 is 6.03 Å². The lowest BCUT2D eigenvalue weighted by Gasteiger charge is -2.12. The van der Waals surface area contributed by atoms with Gasteiger partial charge in [0.2, 0.25) is 11.9 Å². The fraction of sp³-hybridized carbons (Fsp3) is 0.167. The summed E-state index contributed by atoms with van der Waals surface area (Å²) in [6.07, 6.45) is 2.39. The zero-order valence-corrected chi connectivity index (χ0v) is 18.3. The summed E-state index contributed by atoms with van der Waals surface area (Å²) in [6.45, 7) is 4.08. The summed E-state index contributed by atoms with van der Waals surface area (Å²) in [4.78, 5) is 28.9. The molecule has 0 saturated carbocycles. The Morgan fingerprint density at radius 3 is 2.55 bits per heavy atom. The molecule has 4 N–H and O–H groups in total. The monoisotopic (exact) mass is 445 g/mol. The number of carbonyl (C=O) groups is 1. The van der Waals surface area contributed by atoms with E-state index in [9.17, 15) is 9.18 Å². The number of benzene rings is 2. The van der Waals surface area contributed by atoms with Crippen LogP contribution in [0.3, 0.4) is 0 Å². The van der Waals surface area contributed by atoms with Crippen molar-refractivity contribution in [3.8, 4) is 0 Å². The predicted molar refractivity (Wildman–Crippen MR) is 128 cm³/mol. The highest BCUT2D eigenvalue weighted by Crippen LogP contribution is 2.19. The molecule has 168 valence electrons. The van der Waals surface area contributed by atoms with E-state index in [1.54, 1.807) is 18.2 Å². The number of halogens is 1. The van der Waals surface area contributed by atoms with E-state index < -0.39 is 6.03 Å². The Morgan fingerprint density at radius 2 is 1.79 bits per heavy atom. The summed E-state index contributed by atoms with van der Waals surface area (Å²) in [7, 11) is 0. The van der Waals surface area contributed by atoms with Crippen LogP contribution in [0.25, 0.3) is 10.9 Å². The van der Waals surface area contributed by atoms with Crippen molar-refractivity contribution in [3.05, 3.63) is 83.6 Å². The van der Waals surface area contributed by atoms with Crippen molar-refractivity contribution in [3.63, 3.8) is 0 Å². The minimum absolute atomic E-state index is 0.208. The largest absolute Gasteiger partial charge is 0.361 e. The van der Waals surface area contributed by atoms with Gasteiger partial charge in [0.25, 0.3) is 0 Å². The quantitative estimate of drug-likeness (QED) is 0.267. The molecule has 4 aromatic rings. The Kier molecular flexibility index (Phi) is 6.58. The van der Waals surface area contributed by atoms with Gasteiger partial charge in [-0.05, 0) is 62.2 Å². The maximum atomic E-state index is 13.7. The number of fused-ring (bicyclic) bond motifs is 1. The van der Waals surface area contributed by atoms with Crippen LogP contribution >= 0.6 is 0 Å². The third kappa shape index (κ3) is 5.91. The number of rotatable bonds is 5. The molecule has 0 radical (unpaired) electrons. The van der Waals surface area contributed by atoms with Crippen LogP contribution in [0.15, 0.2) is 65.8 Å². The number of para-hydroxylation sites is 1. The highest BCUT2D eigenvalue weighted by atomic mass is 19.1. The first kappa shape index (κ1) is 21.9. The molecule has 33 heavy (non-hydrogen) atoms. The molecular weight excluding hydrogens is 421 g/mol. The fourth-order valence-electron chi connectivity index (χ4n) is 3.44. The molecule has 0 unspecified atom stereocenters. The van der Waals surface area contributed by atoms with Crippen LogP contribution in [0.5, 0.6) is 0 Å². The van der Waals surface area contributed by atoms with Crippen LogP contribution in [0.1, 0.15) is 17.0 Å². The standard InChI is InChI=1S/C24H24FN7O/c1-15-12-16(2)29-23(28-15)31-22(32-24(33)30-19-6-4-3-5-7-19)26-11-10-17-14-27-21-9-8-18(25)13-20(17)21/h3-9,12-14,27H,10-11H2,1-2H3,(H3,26,28,29,30,31,32,33). The fourth-order valence-corrected chi connectivity index (χ4v) is 3.44. The van der Waals surface area contributed by atoms with Crippen molar-refractivity contribution >= 4 is 34.5 Å². The molecule has 4 rings (SSSR count). The summed E-state index contributed by atoms with van der Waals surface area (Å²) >= 11 is 0. The second-order valence-corrected chi connectivity index (χ2v) is 7.53. The molecule has 9 heteroatoms. The van der Waals surface area contributed by atoms with Crippen molar-refractivity contribution in [2.45, 2.75) is 20.3 Å². The minimum atomic E-state index is -0.453. The van der Waals surface area contributed by atoms with E-state index in [0.29, 0.717) is 24.6 Å². The van der Waals surface area contributed by atoms with E-state index in [1.165, 1.54) is 12.1 Å². The summed E-state index contributed by atoms with van der Waals surface area (Å²) in [5, 5.41) is 9.28. The maximum Gasteiger partial charge on any atom is 0.326 e. The van der Waals surface area contributed by atoms with Gasteiger partial charge in [-0.2, -0.15) is 0 Å². The topological polar surface area (TPSA) is 107 Å². The Hall–Kier alpha value is -4.27. The highest BCUT2D eigenvalue weighted by Gasteiger charge is 2.10. The van der Waals surface area contributed by atoms with Gasteiger partial charge < -0.3 is 10.3 Å². The van der Waals surface area contributed by atoms with Crippen molar-refractivity contribution in [1.29, 1.82) is 0 Å². The number of urea groups is 1. The van der Waals surface area contributed by atoms with Gasteiger partial charge in [0, 0.05) is 40.7 Å². The van der Waals surface area contributed by atoms with E-state index in [1.807, 2.05) is 44.3 Å². The third-order valence-corrected chi connectivity index (χ3v) is 4.86. The first-order valence-electron chi connectivity index (χ1n) is 10.5. The zero-order valence-electron chi connectivity index (χ0n) is 18.3. The Labute approximate surface area is 190 Å². The van der Waals surface area contributed by atoms with Gasteiger partial charge in [0.05, 0.1) is 0 Å². The highest BCUT2D eigenvalue weighted by molar-refractivity contribution is 6.07. The van der Waals surface area contributed by atoms with Gasteiger partial charge in [0.15, 0.2) is 0 Å². The summed E-state index contributed by atoms with van der Waals surface area (Å²) in [5.74, 6) is 0.250. The molecule has 2 aromatic carbocycles. The van der Waals surface area contributed by atoms with E-state index in [-0.39, 0.29) is 11.8 Å². The second-order valence-electron chi connectivity index (χ2n) is 7.53. The van der Waals surface area contributed by atoms with Crippen LogP contribution in [0.4, 0.5) is 20.8 Å². The number of aryl methyl sites for hydroxylation is 2. The van der Waals surface area contributed by atoms with E-state index in [2.05, 4.69) is 35.9 Å². The summed E-state index contributed by atoms with van der Waals surface area (Å²) < 4.78 is 13.7. The van der Waals surface area contributed by atoms with Gasteiger partial charge in [-0.15, -0.1) is 0 Å². The molecule has 0 bridgehead atoms. The number of aromatic amines is 1. The number of H-pyrrole nitrogens is 1. The van der Waals surface area contributed by atoms with Crippen LogP contribution in [-0.4, -0.2) is 33.5 Å². The summed E-state index contributed by atoms with van der Waals surface area (Å²) in [6, 6.07) is 15.1. The van der Waals surface area contributed by atoms with Gasteiger partial charge in [-0.3, -0.25) is 15.6 Å². The van der Waals surface area contributed by atoms with E-state index in [0.717, 1.165) is 27.9 Å². The van der Waals surface area contributed by atoms with E-state index >= 15 is 0 Å². The molecule has 0 atom stereocenters. The Bertz CT molecular complexity index is 1280. The van der Waals surface area contributed by atoms with Crippen LogP contribution < -0.4 is 16.0 Å². The van der Waals surface area contributed by atoms with Crippen LogP contribution in [0.2, 0.25) is 0 Å². The maximum absolute atomic E-state index is 13.7. The molecule has 0 spiro atoms. The number of hydrogen-bond acceptors (Lipinski definition) is 4. The van der Waals surface area contributed by atoms with Gasteiger partial charge in [-0.25, -0.2) is 19.2 Å². The van der Waals surface area contributed by atoms with Crippen LogP contribution in [0, 0.1) is 19.7 Å². The summed E-state index contributed by atoms with van der Waals surface area (Å²) in [5.41, 5.74) is 4.03. The smallest absolute Gasteiger partial charge is 0.326 e. The number of aliphatic imine (C=N–C) groups is 1. The molecule has 2 amide bonds.